The van der Waals surface area contributed by atoms with E-state index in [0.29, 0.717) is 5.92 Å². The Bertz CT molecular complexity index is 677. The third-order valence-electron chi connectivity index (χ3n) is 4.72. The van der Waals surface area contributed by atoms with Crippen molar-refractivity contribution in [2.75, 3.05) is 26.2 Å². The number of benzene rings is 1. The van der Waals surface area contributed by atoms with Gasteiger partial charge >= 0.3 is 0 Å². The van der Waals surface area contributed by atoms with Crippen LogP contribution in [0.5, 0.6) is 0 Å². The molecule has 0 bridgehead atoms. The van der Waals surface area contributed by atoms with Gasteiger partial charge in [0.15, 0.2) is 5.96 Å². The second kappa shape index (κ2) is 12.9. The van der Waals surface area contributed by atoms with Crippen molar-refractivity contribution >= 4 is 5.96 Å². The molecule has 3 N–H and O–H groups in total. The zero-order valence-corrected chi connectivity index (χ0v) is 17.3. The van der Waals surface area contributed by atoms with Crippen LogP contribution < -0.4 is 10.6 Å². The Hall–Kier alpha value is -2.34. The molecular weight excluding hydrogens is 350 g/mol. The number of aliphatic imine (C=N–C) groups is 1. The van der Waals surface area contributed by atoms with Crippen molar-refractivity contribution in [2.45, 2.75) is 46.1 Å². The van der Waals surface area contributed by atoms with Gasteiger partial charge < -0.3 is 20.3 Å². The maximum absolute atomic E-state index is 9.22. The molecule has 154 valence electrons. The number of imidazole rings is 1. The molecule has 1 atom stereocenters. The topological polar surface area (TPSA) is 74.5 Å². The van der Waals surface area contributed by atoms with E-state index in [2.05, 4.69) is 58.3 Å². The first-order valence-electron chi connectivity index (χ1n) is 10.4. The molecule has 1 aromatic carbocycles. The molecule has 1 aromatic heterocycles. The molecule has 0 radical (unpaired) electrons. The van der Waals surface area contributed by atoms with E-state index in [1.54, 1.807) is 0 Å². The lowest BCUT2D eigenvalue weighted by atomic mass is 10.0. The molecule has 0 amide bonds. The van der Waals surface area contributed by atoms with E-state index < -0.39 is 0 Å². The highest BCUT2D eigenvalue weighted by Gasteiger charge is 2.08. The van der Waals surface area contributed by atoms with Gasteiger partial charge in [0.05, 0.1) is 0 Å². The molecule has 6 nitrogen and oxygen atoms in total. The van der Waals surface area contributed by atoms with Crippen LogP contribution in [-0.2, 0) is 13.0 Å². The number of guanidine groups is 1. The van der Waals surface area contributed by atoms with E-state index in [9.17, 15) is 5.11 Å². The molecule has 0 saturated carbocycles. The maximum Gasteiger partial charge on any atom is 0.191 e. The summed E-state index contributed by atoms with van der Waals surface area (Å²) in [6.45, 7) is 7.66. The number of aliphatic hydroxyl groups excluding tert-OH is 1. The average molecular weight is 386 g/mol. The van der Waals surface area contributed by atoms with Gasteiger partial charge in [-0.15, -0.1) is 0 Å². The highest BCUT2D eigenvalue weighted by atomic mass is 16.3. The lowest BCUT2D eigenvalue weighted by Gasteiger charge is -2.15. The zero-order chi connectivity index (χ0) is 20.0. The quantitative estimate of drug-likeness (QED) is 0.388. The highest BCUT2D eigenvalue weighted by Crippen LogP contribution is 2.11. The number of aliphatic hydroxyl groups is 1. The Labute approximate surface area is 169 Å². The fourth-order valence-electron chi connectivity index (χ4n) is 3.26. The first-order chi connectivity index (χ1) is 13.8. The molecule has 28 heavy (non-hydrogen) atoms. The van der Waals surface area contributed by atoms with Crippen LogP contribution in [0.2, 0.25) is 0 Å². The first-order valence-corrected chi connectivity index (χ1v) is 10.4. The van der Waals surface area contributed by atoms with Crippen LogP contribution in [0.3, 0.4) is 0 Å². The number of hydrogen-bond donors (Lipinski definition) is 3. The molecule has 0 aliphatic carbocycles. The van der Waals surface area contributed by atoms with Gasteiger partial charge in [-0.1, -0.05) is 43.7 Å². The fourth-order valence-corrected chi connectivity index (χ4v) is 3.26. The minimum atomic E-state index is 0.230. The first kappa shape index (κ1) is 22.0. The molecular formula is C22H35N5O. The Morgan fingerprint density at radius 3 is 2.71 bits per heavy atom. The molecule has 0 fully saturated rings. The van der Waals surface area contributed by atoms with E-state index in [4.69, 9.17) is 4.99 Å². The highest BCUT2D eigenvalue weighted by molar-refractivity contribution is 5.79. The van der Waals surface area contributed by atoms with Gasteiger partial charge in [-0.25, -0.2) is 4.98 Å². The van der Waals surface area contributed by atoms with Crippen LogP contribution in [0, 0.1) is 5.92 Å². The Morgan fingerprint density at radius 1 is 1.18 bits per heavy atom. The molecule has 0 spiro atoms. The summed E-state index contributed by atoms with van der Waals surface area (Å²) in [7, 11) is 0. The fraction of sp³-hybridized carbons (Fsp3) is 0.545. The summed E-state index contributed by atoms with van der Waals surface area (Å²) in [6, 6.07) is 10.4. The zero-order valence-electron chi connectivity index (χ0n) is 17.3. The predicted molar refractivity (Wildman–Crippen MR) is 116 cm³/mol. The number of aromatic nitrogens is 2. The molecule has 1 unspecified atom stereocenters. The van der Waals surface area contributed by atoms with E-state index in [1.165, 1.54) is 5.56 Å². The summed E-state index contributed by atoms with van der Waals surface area (Å²) in [6.07, 6.45) is 7.76. The van der Waals surface area contributed by atoms with Crippen molar-refractivity contribution in [3.05, 3.63) is 54.1 Å². The molecule has 2 rings (SSSR count). The monoisotopic (exact) mass is 385 g/mol. The summed E-state index contributed by atoms with van der Waals surface area (Å²) in [5, 5.41) is 15.9. The van der Waals surface area contributed by atoms with Crippen molar-refractivity contribution in [1.82, 2.24) is 20.2 Å². The third-order valence-corrected chi connectivity index (χ3v) is 4.72. The van der Waals surface area contributed by atoms with E-state index >= 15 is 0 Å². The molecule has 1 heterocycles. The van der Waals surface area contributed by atoms with E-state index in [0.717, 1.165) is 63.6 Å². The second-order valence-electron chi connectivity index (χ2n) is 7.02. The third kappa shape index (κ3) is 7.72. The Kier molecular flexibility index (Phi) is 10.1. The van der Waals surface area contributed by atoms with Gasteiger partial charge in [-0.05, 0) is 31.2 Å². The normalized spacial score (nSPS) is 12.8. The van der Waals surface area contributed by atoms with Crippen LogP contribution in [-0.4, -0.2) is 46.9 Å². The standard InChI is InChI=1S/C22H35N5O/c1-3-8-19(12-16-28)17-26-22(23-4-2)25-13-11-21-24-14-15-27(21)18-20-9-6-5-7-10-20/h5-7,9-10,14-15,19,28H,3-4,8,11-13,16-18H2,1-2H3,(H2,23,25,26). The summed E-state index contributed by atoms with van der Waals surface area (Å²) < 4.78 is 2.19. The Balaban J connectivity index is 1.87. The van der Waals surface area contributed by atoms with Crippen LogP contribution in [0.1, 0.15) is 44.5 Å². The molecule has 0 aliphatic rings. The summed E-state index contributed by atoms with van der Waals surface area (Å²) >= 11 is 0. The smallest absolute Gasteiger partial charge is 0.191 e. The van der Waals surface area contributed by atoms with Crippen LogP contribution in [0.15, 0.2) is 47.7 Å². The van der Waals surface area contributed by atoms with Crippen molar-refractivity contribution in [1.29, 1.82) is 0 Å². The number of hydrogen-bond acceptors (Lipinski definition) is 3. The van der Waals surface area contributed by atoms with Crippen molar-refractivity contribution in [3.8, 4) is 0 Å². The van der Waals surface area contributed by atoms with Gasteiger partial charge in [0.1, 0.15) is 5.82 Å². The molecule has 0 aliphatic heterocycles. The summed E-state index contributed by atoms with van der Waals surface area (Å²) in [5.74, 6) is 2.34. The second-order valence-corrected chi connectivity index (χ2v) is 7.02. The molecule has 0 saturated heterocycles. The molecule has 6 heteroatoms. The Morgan fingerprint density at radius 2 is 2.00 bits per heavy atom. The van der Waals surface area contributed by atoms with Gasteiger partial charge in [0.25, 0.3) is 0 Å². The van der Waals surface area contributed by atoms with Crippen LogP contribution in [0.4, 0.5) is 0 Å². The van der Waals surface area contributed by atoms with E-state index in [-0.39, 0.29) is 6.61 Å². The van der Waals surface area contributed by atoms with Crippen LogP contribution in [0.25, 0.3) is 0 Å². The number of nitrogens with one attached hydrogen (secondary N) is 2. The van der Waals surface area contributed by atoms with Gasteiger partial charge in [-0.3, -0.25) is 4.99 Å². The van der Waals surface area contributed by atoms with E-state index in [1.807, 2.05) is 18.5 Å². The van der Waals surface area contributed by atoms with Crippen LogP contribution >= 0.6 is 0 Å². The summed E-state index contributed by atoms with van der Waals surface area (Å²) in [4.78, 5) is 9.23. The van der Waals surface area contributed by atoms with Crippen molar-refractivity contribution in [3.63, 3.8) is 0 Å². The number of nitrogens with zero attached hydrogens (tertiary/aromatic N) is 3. The number of rotatable bonds is 12. The maximum atomic E-state index is 9.22. The summed E-state index contributed by atoms with van der Waals surface area (Å²) in [5.41, 5.74) is 1.27. The van der Waals surface area contributed by atoms with Gasteiger partial charge in [0, 0.05) is 51.6 Å². The predicted octanol–water partition coefficient (Wildman–Crippen LogP) is 2.83. The largest absolute Gasteiger partial charge is 0.396 e. The lowest BCUT2D eigenvalue weighted by Crippen LogP contribution is -2.39. The average Bonchev–Trinajstić information content (AvgIpc) is 3.14. The SMILES string of the molecule is CCCC(CCO)CN=C(NCC)NCCc1nccn1Cc1ccccc1. The van der Waals surface area contributed by atoms with Crippen molar-refractivity contribution in [2.24, 2.45) is 10.9 Å². The minimum absolute atomic E-state index is 0.230. The molecule has 2 aromatic rings. The van der Waals surface area contributed by atoms with Gasteiger partial charge in [0.2, 0.25) is 0 Å². The lowest BCUT2D eigenvalue weighted by molar-refractivity contribution is 0.253. The van der Waals surface area contributed by atoms with Gasteiger partial charge in [-0.2, -0.15) is 0 Å². The minimum Gasteiger partial charge on any atom is -0.396 e. The van der Waals surface area contributed by atoms with Crippen molar-refractivity contribution < 1.29 is 5.11 Å².